The molecule has 0 bridgehead atoms. The second-order valence-corrected chi connectivity index (χ2v) is 4.75. The summed E-state index contributed by atoms with van der Waals surface area (Å²) in [7, 11) is 0. The molecule has 0 fully saturated rings. The number of aromatic amines is 1. The van der Waals surface area contributed by atoms with Crippen LogP contribution in [-0.4, -0.2) is 9.97 Å². The summed E-state index contributed by atoms with van der Waals surface area (Å²) in [6.07, 6.45) is 1.80. The van der Waals surface area contributed by atoms with Gasteiger partial charge in [0.15, 0.2) is 0 Å². The van der Waals surface area contributed by atoms with E-state index in [0.29, 0.717) is 4.64 Å². The van der Waals surface area contributed by atoms with E-state index in [4.69, 9.17) is 12.2 Å². The van der Waals surface area contributed by atoms with Crippen LogP contribution >= 0.6 is 23.6 Å². The normalized spacial score (nSPS) is 10.5. The quantitative estimate of drug-likeness (QED) is 0.828. The highest BCUT2D eigenvalue weighted by Crippen LogP contribution is 2.12. The van der Waals surface area contributed by atoms with Gasteiger partial charge >= 0.3 is 0 Å². The summed E-state index contributed by atoms with van der Waals surface area (Å²) in [6.45, 7) is 2.11. The molecule has 0 aliphatic carbocycles. The molecule has 0 saturated carbocycles. The highest BCUT2D eigenvalue weighted by molar-refractivity contribution is 7.71. The molecule has 2 aromatic heterocycles. The lowest BCUT2D eigenvalue weighted by atomic mass is 10.3. The molecule has 0 saturated heterocycles. The van der Waals surface area contributed by atoms with Gasteiger partial charge in [0.2, 0.25) is 0 Å². The fourth-order valence-corrected chi connectivity index (χ4v) is 2.38. The molecule has 0 amide bonds. The Labute approximate surface area is 98.0 Å². The van der Waals surface area contributed by atoms with Crippen molar-refractivity contribution < 1.29 is 0 Å². The number of H-pyrrole nitrogens is 1. The van der Waals surface area contributed by atoms with Gasteiger partial charge in [-0.15, -0.1) is 11.3 Å². The third-order valence-corrected chi connectivity index (χ3v) is 3.24. The fourth-order valence-electron chi connectivity index (χ4n) is 1.42. The summed E-state index contributed by atoms with van der Waals surface area (Å²) in [5.74, 6) is 0.960. The molecule has 2 rings (SSSR count). The van der Waals surface area contributed by atoms with Crippen molar-refractivity contribution in [1.29, 1.82) is 0 Å². The molecular formula is C11H12N2S2. The van der Waals surface area contributed by atoms with Gasteiger partial charge in [-0.3, -0.25) is 0 Å². The topological polar surface area (TPSA) is 28.7 Å². The Hall–Kier alpha value is -1.00. The lowest BCUT2D eigenvalue weighted by Crippen LogP contribution is -1.99. The van der Waals surface area contributed by atoms with Gasteiger partial charge in [0.25, 0.3) is 0 Å². The monoisotopic (exact) mass is 236 g/mol. The van der Waals surface area contributed by atoms with Crippen LogP contribution in [-0.2, 0) is 12.8 Å². The van der Waals surface area contributed by atoms with Gasteiger partial charge in [0.1, 0.15) is 10.5 Å². The van der Waals surface area contributed by atoms with E-state index >= 15 is 0 Å². The number of aryl methyl sites for hydroxylation is 1. The molecule has 2 aromatic rings. The first kappa shape index (κ1) is 10.5. The standard InChI is InChI=1S/C11H12N2S2/c1-2-8-6-11(14)13-10(12-8)7-9-4-3-5-15-9/h3-6H,2,7H2,1H3,(H,12,13,14). The van der Waals surface area contributed by atoms with E-state index in [1.807, 2.05) is 6.07 Å². The first-order valence-electron chi connectivity index (χ1n) is 4.89. The predicted molar refractivity (Wildman–Crippen MR) is 65.9 cm³/mol. The molecule has 0 unspecified atom stereocenters. The van der Waals surface area contributed by atoms with Crippen molar-refractivity contribution in [3.63, 3.8) is 0 Å². The number of aromatic nitrogens is 2. The molecule has 0 aliphatic rings. The molecule has 2 heterocycles. The predicted octanol–water partition coefficient (Wildman–Crippen LogP) is 3.35. The van der Waals surface area contributed by atoms with Gasteiger partial charge in [-0.25, -0.2) is 4.98 Å². The zero-order chi connectivity index (χ0) is 10.7. The van der Waals surface area contributed by atoms with Gasteiger partial charge < -0.3 is 4.98 Å². The summed E-state index contributed by atoms with van der Waals surface area (Å²) in [5.41, 5.74) is 1.15. The first-order valence-corrected chi connectivity index (χ1v) is 6.18. The molecule has 2 nitrogen and oxygen atoms in total. The summed E-state index contributed by atoms with van der Waals surface area (Å²) < 4.78 is 0.678. The zero-order valence-electron chi connectivity index (χ0n) is 8.49. The fraction of sp³-hybridized carbons (Fsp3) is 0.273. The van der Waals surface area contributed by atoms with Crippen LogP contribution in [0.25, 0.3) is 0 Å². The van der Waals surface area contributed by atoms with E-state index in [-0.39, 0.29) is 0 Å². The minimum absolute atomic E-state index is 0.678. The van der Waals surface area contributed by atoms with Crippen molar-refractivity contribution in [2.24, 2.45) is 0 Å². The van der Waals surface area contributed by atoms with Gasteiger partial charge in [-0.2, -0.15) is 0 Å². The van der Waals surface area contributed by atoms with Crippen molar-refractivity contribution in [3.8, 4) is 0 Å². The SMILES string of the molecule is CCc1cc(=S)nc(Cc2cccs2)[nH]1. The Bertz CT molecular complexity index is 486. The average molecular weight is 236 g/mol. The third-order valence-electron chi connectivity index (χ3n) is 2.15. The van der Waals surface area contributed by atoms with Crippen LogP contribution in [0.1, 0.15) is 23.3 Å². The molecule has 4 heteroatoms. The number of nitrogens with zero attached hydrogens (tertiary/aromatic N) is 1. The van der Waals surface area contributed by atoms with Crippen LogP contribution in [0.3, 0.4) is 0 Å². The molecule has 15 heavy (non-hydrogen) atoms. The van der Waals surface area contributed by atoms with Gasteiger partial charge in [-0.1, -0.05) is 25.2 Å². The summed E-state index contributed by atoms with van der Waals surface area (Å²) >= 11 is 6.86. The van der Waals surface area contributed by atoms with E-state index in [0.717, 1.165) is 24.4 Å². The van der Waals surface area contributed by atoms with Gasteiger partial charge in [-0.05, 0) is 23.9 Å². The number of rotatable bonds is 3. The van der Waals surface area contributed by atoms with E-state index in [1.165, 1.54) is 4.88 Å². The zero-order valence-corrected chi connectivity index (χ0v) is 10.1. The molecule has 1 N–H and O–H groups in total. The third kappa shape index (κ3) is 2.73. The second kappa shape index (κ2) is 4.68. The number of nitrogens with one attached hydrogen (secondary N) is 1. The molecule has 0 aliphatic heterocycles. The Morgan fingerprint density at radius 3 is 3.07 bits per heavy atom. The van der Waals surface area contributed by atoms with Crippen LogP contribution < -0.4 is 0 Å². The van der Waals surface area contributed by atoms with Crippen LogP contribution in [0.15, 0.2) is 23.6 Å². The minimum Gasteiger partial charge on any atom is -0.347 e. The molecule has 0 radical (unpaired) electrons. The lowest BCUT2D eigenvalue weighted by molar-refractivity contribution is 0.905. The van der Waals surface area contributed by atoms with Crippen LogP contribution in [0.2, 0.25) is 0 Å². The van der Waals surface area contributed by atoms with E-state index < -0.39 is 0 Å². The number of thiophene rings is 1. The van der Waals surface area contributed by atoms with Gasteiger partial charge in [0, 0.05) is 17.0 Å². The summed E-state index contributed by atoms with van der Waals surface area (Å²) in [6, 6.07) is 6.09. The van der Waals surface area contributed by atoms with Crippen molar-refractivity contribution >= 4 is 23.6 Å². The van der Waals surface area contributed by atoms with E-state index in [2.05, 4.69) is 34.4 Å². The highest BCUT2D eigenvalue weighted by atomic mass is 32.1. The minimum atomic E-state index is 0.678. The molecular weight excluding hydrogens is 224 g/mol. The number of hydrogen-bond acceptors (Lipinski definition) is 3. The lowest BCUT2D eigenvalue weighted by Gasteiger charge is -2.02. The molecule has 0 atom stereocenters. The summed E-state index contributed by atoms with van der Waals surface area (Å²) in [4.78, 5) is 8.93. The van der Waals surface area contributed by atoms with E-state index in [9.17, 15) is 0 Å². The summed E-state index contributed by atoms with van der Waals surface area (Å²) in [5, 5.41) is 2.08. The Balaban J connectivity index is 2.28. The number of hydrogen-bond donors (Lipinski definition) is 1. The largest absolute Gasteiger partial charge is 0.347 e. The second-order valence-electron chi connectivity index (χ2n) is 3.30. The van der Waals surface area contributed by atoms with Crippen molar-refractivity contribution in [3.05, 3.63) is 44.6 Å². The first-order chi connectivity index (χ1) is 7.28. The maximum atomic E-state index is 5.12. The Morgan fingerprint density at radius 2 is 2.40 bits per heavy atom. The smallest absolute Gasteiger partial charge is 0.130 e. The Morgan fingerprint density at radius 1 is 1.53 bits per heavy atom. The van der Waals surface area contributed by atoms with Crippen LogP contribution in [0.4, 0.5) is 0 Å². The maximum absolute atomic E-state index is 5.12. The van der Waals surface area contributed by atoms with Crippen molar-refractivity contribution in [2.75, 3.05) is 0 Å². The maximum Gasteiger partial charge on any atom is 0.130 e. The van der Waals surface area contributed by atoms with E-state index in [1.54, 1.807) is 11.3 Å². The molecule has 0 aromatic carbocycles. The van der Waals surface area contributed by atoms with Crippen LogP contribution in [0.5, 0.6) is 0 Å². The highest BCUT2D eigenvalue weighted by Gasteiger charge is 2.00. The van der Waals surface area contributed by atoms with Crippen molar-refractivity contribution in [2.45, 2.75) is 19.8 Å². The van der Waals surface area contributed by atoms with Crippen molar-refractivity contribution in [1.82, 2.24) is 9.97 Å². The average Bonchev–Trinajstić information content (AvgIpc) is 2.69. The molecule has 0 spiro atoms. The molecule has 78 valence electrons. The Kier molecular flexibility index (Phi) is 3.28. The van der Waals surface area contributed by atoms with Gasteiger partial charge in [0.05, 0.1) is 0 Å². The van der Waals surface area contributed by atoms with Crippen LogP contribution in [0, 0.1) is 4.64 Å².